The Balaban J connectivity index is 1.68. The van der Waals surface area contributed by atoms with Crippen molar-refractivity contribution in [1.82, 2.24) is 20.1 Å². The fraction of sp³-hybridized carbons (Fsp3) is 0.214. The molecule has 1 amide bonds. The number of nitrogen functional groups attached to an aromatic ring is 1. The van der Waals surface area contributed by atoms with Gasteiger partial charge in [-0.2, -0.15) is 5.10 Å². The fourth-order valence-corrected chi connectivity index (χ4v) is 3.09. The second kappa shape index (κ2) is 5.53. The molecule has 3 rings (SSSR count). The first kappa shape index (κ1) is 13.6. The van der Waals surface area contributed by atoms with Gasteiger partial charge in [0.1, 0.15) is 10.4 Å². The van der Waals surface area contributed by atoms with E-state index in [0.717, 1.165) is 10.4 Å². The number of hydrogen-bond donors (Lipinski definition) is 2. The van der Waals surface area contributed by atoms with E-state index in [1.165, 1.54) is 11.3 Å². The number of pyridine rings is 1. The molecule has 0 spiro atoms. The zero-order chi connectivity index (χ0) is 14.8. The molecule has 0 saturated carbocycles. The highest BCUT2D eigenvalue weighted by atomic mass is 32.1. The van der Waals surface area contributed by atoms with Crippen LogP contribution in [0.2, 0.25) is 0 Å². The first-order chi connectivity index (χ1) is 10.1. The number of nitrogens with zero attached hydrogens (tertiary/aromatic N) is 3. The lowest BCUT2D eigenvalue weighted by molar-refractivity contribution is 0.0959. The van der Waals surface area contributed by atoms with Crippen LogP contribution in [0.1, 0.15) is 15.4 Å². The topological polar surface area (TPSA) is 85.8 Å². The molecule has 3 aromatic heterocycles. The number of nitrogens with one attached hydrogen (secondary N) is 1. The van der Waals surface area contributed by atoms with Crippen molar-refractivity contribution in [2.45, 2.75) is 6.42 Å². The van der Waals surface area contributed by atoms with Crippen LogP contribution in [0.5, 0.6) is 0 Å². The summed E-state index contributed by atoms with van der Waals surface area (Å²) in [6.45, 7) is 0.525. The standard InChI is InChI=1S/C14H15N5OS/c1-19-8-5-9(18-19)4-7-17-14(20)13-11(15)12-10(21-13)3-2-6-16-12/h2-3,5-6,8H,4,7,15H2,1H3,(H,17,20). The van der Waals surface area contributed by atoms with Crippen LogP contribution < -0.4 is 11.1 Å². The first-order valence-corrected chi connectivity index (χ1v) is 7.36. The summed E-state index contributed by atoms with van der Waals surface area (Å²) in [5, 5.41) is 7.14. The third-order valence-corrected chi connectivity index (χ3v) is 4.28. The summed E-state index contributed by atoms with van der Waals surface area (Å²) in [7, 11) is 1.87. The Hall–Kier alpha value is -2.41. The lowest BCUT2D eigenvalue weighted by Crippen LogP contribution is -2.25. The summed E-state index contributed by atoms with van der Waals surface area (Å²) >= 11 is 1.36. The summed E-state index contributed by atoms with van der Waals surface area (Å²) in [6.07, 6.45) is 4.25. The minimum atomic E-state index is -0.161. The molecule has 7 heteroatoms. The largest absolute Gasteiger partial charge is 0.396 e. The SMILES string of the molecule is Cn1ccc(CCNC(=O)c2sc3cccnc3c2N)n1. The van der Waals surface area contributed by atoms with Gasteiger partial charge in [0.05, 0.1) is 16.1 Å². The molecule has 0 saturated heterocycles. The number of anilines is 1. The Morgan fingerprint density at radius 1 is 1.48 bits per heavy atom. The Morgan fingerprint density at radius 2 is 2.33 bits per heavy atom. The van der Waals surface area contributed by atoms with Crippen molar-refractivity contribution < 1.29 is 4.79 Å². The Morgan fingerprint density at radius 3 is 3.05 bits per heavy atom. The minimum absolute atomic E-state index is 0.161. The average molecular weight is 301 g/mol. The number of aryl methyl sites for hydroxylation is 1. The van der Waals surface area contributed by atoms with Crippen molar-refractivity contribution in [2.75, 3.05) is 12.3 Å². The maximum atomic E-state index is 12.2. The van der Waals surface area contributed by atoms with Gasteiger partial charge in [-0.05, 0) is 18.2 Å². The third-order valence-electron chi connectivity index (χ3n) is 3.12. The summed E-state index contributed by atoms with van der Waals surface area (Å²) in [5.41, 5.74) is 8.09. The second-order valence-corrected chi connectivity index (χ2v) is 5.73. The zero-order valence-corrected chi connectivity index (χ0v) is 12.4. The van der Waals surface area contributed by atoms with Crippen LogP contribution in [-0.4, -0.2) is 27.2 Å². The van der Waals surface area contributed by atoms with E-state index in [1.54, 1.807) is 10.9 Å². The maximum absolute atomic E-state index is 12.2. The number of carbonyl (C=O) groups excluding carboxylic acids is 1. The summed E-state index contributed by atoms with van der Waals surface area (Å²) < 4.78 is 2.66. The van der Waals surface area contributed by atoms with E-state index in [1.807, 2.05) is 31.4 Å². The van der Waals surface area contributed by atoms with Crippen LogP contribution in [0.15, 0.2) is 30.6 Å². The molecular weight excluding hydrogens is 286 g/mol. The Kier molecular flexibility index (Phi) is 3.57. The quantitative estimate of drug-likeness (QED) is 0.766. The number of hydrogen-bond acceptors (Lipinski definition) is 5. The average Bonchev–Trinajstić information content (AvgIpc) is 3.03. The van der Waals surface area contributed by atoms with Gasteiger partial charge in [-0.1, -0.05) is 0 Å². The highest BCUT2D eigenvalue weighted by molar-refractivity contribution is 7.21. The van der Waals surface area contributed by atoms with Crippen molar-refractivity contribution >= 4 is 33.1 Å². The predicted octanol–water partition coefficient (Wildman–Crippen LogP) is 1.58. The third kappa shape index (κ3) is 2.73. The summed E-state index contributed by atoms with van der Waals surface area (Å²) in [4.78, 5) is 16.9. The van der Waals surface area contributed by atoms with E-state index in [0.29, 0.717) is 29.0 Å². The molecule has 0 radical (unpaired) electrons. The van der Waals surface area contributed by atoms with E-state index >= 15 is 0 Å². The molecule has 0 aliphatic rings. The predicted molar refractivity (Wildman–Crippen MR) is 83.3 cm³/mol. The Labute approximate surface area is 125 Å². The lowest BCUT2D eigenvalue weighted by Gasteiger charge is -2.02. The van der Waals surface area contributed by atoms with Crippen molar-refractivity contribution in [3.05, 3.63) is 41.2 Å². The normalized spacial score (nSPS) is 10.9. The van der Waals surface area contributed by atoms with Crippen molar-refractivity contribution in [2.24, 2.45) is 7.05 Å². The van der Waals surface area contributed by atoms with Crippen molar-refractivity contribution in [3.8, 4) is 0 Å². The van der Waals surface area contributed by atoms with Crippen LogP contribution in [0.25, 0.3) is 10.2 Å². The van der Waals surface area contributed by atoms with Crippen molar-refractivity contribution in [1.29, 1.82) is 0 Å². The highest BCUT2D eigenvalue weighted by Gasteiger charge is 2.16. The van der Waals surface area contributed by atoms with Crippen LogP contribution in [0.4, 0.5) is 5.69 Å². The van der Waals surface area contributed by atoms with Gasteiger partial charge in [0.15, 0.2) is 0 Å². The summed E-state index contributed by atoms with van der Waals surface area (Å²) in [6, 6.07) is 5.68. The number of fused-ring (bicyclic) bond motifs is 1. The number of rotatable bonds is 4. The van der Waals surface area contributed by atoms with Gasteiger partial charge in [0, 0.05) is 32.4 Å². The number of aromatic nitrogens is 3. The van der Waals surface area contributed by atoms with Gasteiger partial charge in [0.25, 0.3) is 5.91 Å². The second-order valence-electron chi connectivity index (χ2n) is 4.68. The maximum Gasteiger partial charge on any atom is 0.263 e. The molecule has 6 nitrogen and oxygen atoms in total. The summed E-state index contributed by atoms with van der Waals surface area (Å²) in [5.74, 6) is -0.161. The van der Waals surface area contributed by atoms with Crippen LogP contribution in [-0.2, 0) is 13.5 Å². The van der Waals surface area contributed by atoms with Crippen LogP contribution >= 0.6 is 11.3 Å². The molecule has 0 aliphatic carbocycles. The van der Waals surface area contributed by atoms with Crippen molar-refractivity contribution in [3.63, 3.8) is 0 Å². The number of carbonyl (C=O) groups is 1. The molecule has 3 heterocycles. The van der Waals surface area contributed by atoms with Crippen LogP contribution in [0, 0.1) is 0 Å². The van der Waals surface area contributed by atoms with E-state index in [2.05, 4.69) is 15.4 Å². The van der Waals surface area contributed by atoms with Gasteiger partial charge in [-0.25, -0.2) is 0 Å². The van der Waals surface area contributed by atoms with Gasteiger partial charge in [0.2, 0.25) is 0 Å². The van der Waals surface area contributed by atoms with Crippen LogP contribution in [0.3, 0.4) is 0 Å². The molecule has 21 heavy (non-hydrogen) atoms. The van der Waals surface area contributed by atoms with E-state index in [9.17, 15) is 4.79 Å². The molecule has 0 aromatic carbocycles. The molecule has 0 unspecified atom stereocenters. The van der Waals surface area contributed by atoms with E-state index in [4.69, 9.17) is 5.73 Å². The lowest BCUT2D eigenvalue weighted by atomic mass is 10.3. The molecule has 3 aromatic rings. The molecule has 0 aliphatic heterocycles. The smallest absolute Gasteiger partial charge is 0.263 e. The minimum Gasteiger partial charge on any atom is -0.396 e. The van der Waals surface area contributed by atoms with Gasteiger partial charge >= 0.3 is 0 Å². The molecular formula is C14H15N5OS. The highest BCUT2D eigenvalue weighted by Crippen LogP contribution is 2.31. The van der Waals surface area contributed by atoms with Gasteiger partial charge in [-0.3, -0.25) is 14.5 Å². The van der Waals surface area contributed by atoms with Gasteiger partial charge < -0.3 is 11.1 Å². The molecule has 0 bridgehead atoms. The van der Waals surface area contributed by atoms with Gasteiger partial charge in [-0.15, -0.1) is 11.3 Å². The number of nitrogens with two attached hydrogens (primary N) is 1. The zero-order valence-electron chi connectivity index (χ0n) is 11.5. The van der Waals surface area contributed by atoms with E-state index < -0.39 is 0 Å². The number of thiophene rings is 1. The fourth-order valence-electron chi connectivity index (χ4n) is 2.10. The number of amides is 1. The van der Waals surface area contributed by atoms with E-state index in [-0.39, 0.29) is 5.91 Å². The molecule has 3 N–H and O–H groups in total. The molecule has 108 valence electrons. The molecule has 0 atom stereocenters. The molecule has 0 fully saturated rings. The first-order valence-electron chi connectivity index (χ1n) is 6.55. The Bertz CT molecular complexity index is 792. The monoisotopic (exact) mass is 301 g/mol.